The summed E-state index contributed by atoms with van der Waals surface area (Å²) in [6.07, 6.45) is 1.77. The summed E-state index contributed by atoms with van der Waals surface area (Å²) in [5, 5.41) is 4.25. The summed E-state index contributed by atoms with van der Waals surface area (Å²) in [7, 11) is 0. The Balaban J connectivity index is 0.000000637. The Morgan fingerprint density at radius 3 is 2.84 bits per heavy atom. The second kappa shape index (κ2) is 5.69. The van der Waals surface area contributed by atoms with Crippen LogP contribution in [0.2, 0.25) is 0 Å². The largest absolute Gasteiger partial charge is 0.488 e. The molecule has 19 heavy (non-hydrogen) atoms. The lowest BCUT2D eigenvalue weighted by molar-refractivity contribution is -0.117. The van der Waals surface area contributed by atoms with Crippen molar-refractivity contribution in [1.29, 1.82) is 0 Å². The lowest BCUT2D eigenvalue weighted by Crippen LogP contribution is -2.12. The molecular formula is C15H18N2O2. The molecule has 4 heteroatoms. The lowest BCUT2D eigenvalue weighted by Gasteiger charge is -2.18. The molecule has 0 bridgehead atoms. The molecule has 1 aliphatic rings. The van der Waals surface area contributed by atoms with Gasteiger partial charge in [0.15, 0.2) is 5.78 Å². The van der Waals surface area contributed by atoms with Crippen LogP contribution in [0.4, 0.5) is 0 Å². The van der Waals surface area contributed by atoms with Gasteiger partial charge in [0.05, 0.1) is 18.4 Å². The molecule has 4 nitrogen and oxygen atoms in total. The van der Waals surface area contributed by atoms with Crippen LogP contribution in [-0.4, -0.2) is 15.6 Å². The van der Waals surface area contributed by atoms with E-state index in [0.29, 0.717) is 13.2 Å². The molecule has 0 saturated carbocycles. The van der Waals surface area contributed by atoms with Crippen molar-refractivity contribution in [3.63, 3.8) is 0 Å². The van der Waals surface area contributed by atoms with E-state index in [0.717, 1.165) is 22.6 Å². The summed E-state index contributed by atoms with van der Waals surface area (Å²) < 4.78 is 7.38. The van der Waals surface area contributed by atoms with Crippen LogP contribution >= 0.6 is 0 Å². The zero-order chi connectivity index (χ0) is 13.8. The summed E-state index contributed by atoms with van der Waals surface area (Å²) >= 11 is 0. The number of aromatic nitrogens is 2. The molecule has 3 rings (SSSR count). The number of para-hydroxylation sites is 1. The van der Waals surface area contributed by atoms with Crippen LogP contribution in [0.5, 0.6) is 5.75 Å². The van der Waals surface area contributed by atoms with E-state index in [9.17, 15) is 4.79 Å². The third-order valence-electron chi connectivity index (χ3n) is 2.81. The van der Waals surface area contributed by atoms with Crippen LogP contribution in [0.1, 0.15) is 26.3 Å². The van der Waals surface area contributed by atoms with Gasteiger partial charge in [0, 0.05) is 11.1 Å². The van der Waals surface area contributed by atoms with Crippen molar-refractivity contribution in [3.05, 3.63) is 36.0 Å². The van der Waals surface area contributed by atoms with E-state index in [1.165, 1.54) is 0 Å². The molecule has 100 valence electrons. The maximum Gasteiger partial charge on any atom is 0.151 e. The molecule has 0 unspecified atom stereocenters. The Labute approximate surface area is 113 Å². The van der Waals surface area contributed by atoms with Crippen molar-refractivity contribution >= 4 is 5.78 Å². The summed E-state index contributed by atoms with van der Waals surface area (Å²) in [6, 6.07) is 7.83. The quantitative estimate of drug-likeness (QED) is 0.831. The summed E-state index contributed by atoms with van der Waals surface area (Å²) in [5.41, 5.74) is 3.04. The van der Waals surface area contributed by atoms with Gasteiger partial charge in [0.25, 0.3) is 0 Å². The van der Waals surface area contributed by atoms with Gasteiger partial charge in [-0.1, -0.05) is 26.0 Å². The highest BCUT2D eigenvalue weighted by Crippen LogP contribution is 2.36. The number of ketones is 1. The number of Topliss-reactive ketones (excluding diaryl/α,β-unsaturated/α-hetero) is 1. The molecule has 0 aliphatic carbocycles. The first-order valence-electron chi connectivity index (χ1n) is 6.52. The summed E-state index contributed by atoms with van der Waals surface area (Å²) in [4.78, 5) is 11.2. The molecule has 1 aliphatic heterocycles. The Morgan fingerprint density at radius 2 is 2.11 bits per heavy atom. The van der Waals surface area contributed by atoms with Gasteiger partial charge in [0.1, 0.15) is 12.4 Å². The molecule has 2 heterocycles. The van der Waals surface area contributed by atoms with Gasteiger partial charge in [-0.15, -0.1) is 0 Å². The highest BCUT2D eigenvalue weighted by molar-refractivity contribution is 5.78. The van der Waals surface area contributed by atoms with Gasteiger partial charge in [0.2, 0.25) is 0 Å². The van der Waals surface area contributed by atoms with Crippen LogP contribution in [0.3, 0.4) is 0 Å². The number of benzene rings is 1. The van der Waals surface area contributed by atoms with Crippen molar-refractivity contribution in [2.24, 2.45) is 0 Å². The number of ether oxygens (including phenoxy) is 1. The first-order chi connectivity index (χ1) is 9.25. The SMILES string of the molecule is CC.CC(=O)Cn1ncc2c1-c1ccccc1OC2. The third kappa shape index (κ3) is 2.52. The van der Waals surface area contributed by atoms with E-state index in [1.54, 1.807) is 17.8 Å². The zero-order valence-electron chi connectivity index (χ0n) is 11.5. The molecule has 0 atom stereocenters. The standard InChI is InChI=1S/C13H12N2O2.C2H6/c1-9(16)7-15-13-10(6-14-15)8-17-12-5-3-2-4-11(12)13;1-2/h2-6H,7-8H2,1H3;1-2H3. The van der Waals surface area contributed by atoms with Gasteiger partial charge in [-0.25, -0.2) is 0 Å². The Bertz CT molecular complexity index is 588. The van der Waals surface area contributed by atoms with Gasteiger partial charge in [-0.2, -0.15) is 5.10 Å². The van der Waals surface area contributed by atoms with Crippen LogP contribution in [0.15, 0.2) is 30.5 Å². The minimum Gasteiger partial charge on any atom is -0.488 e. The van der Waals surface area contributed by atoms with E-state index >= 15 is 0 Å². The van der Waals surface area contributed by atoms with Crippen molar-refractivity contribution in [2.75, 3.05) is 0 Å². The summed E-state index contributed by atoms with van der Waals surface area (Å²) in [5.74, 6) is 0.949. The van der Waals surface area contributed by atoms with Crippen LogP contribution < -0.4 is 4.74 Å². The molecule has 1 aromatic heterocycles. The van der Waals surface area contributed by atoms with Crippen molar-refractivity contribution in [2.45, 2.75) is 33.9 Å². The average Bonchev–Trinajstić information content (AvgIpc) is 2.84. The second-order valence-corrected chi connectivity index (χ2v) is 4.16. The number of carbonyl (C=O) groups is 1. The first kappa shape index (κ1) is 13.3. The number of carbonyl (C=O) groups excluding carboxylic acids is 1. The zero-order valence-corrected chi connectivity index (χ0v) is 11.5. The van der Waals surface area contributed by atoms with Gasteiger partial charge < -0.3 is 4.74 Å². The normalized spacial score (nSPS) is 11.5. The highest BCUT2D eigenvalue weighted by Gasteiger charge is 2.21. The predicted molar refractivity (Wildman–Crippen MR) is 74.0 cm³/mol. The van der Waals surface area contributed by atoms with E-state index in [1.807, 2.05) is 38.1 Å². The molecule has 0 fully saturated rings. The molecule has 0 spiro atoms. The van der Waals surface area contributed by atoms with Crippen LogP contribution in [0.25, 0.3) is 11.3 Å². The van der Waals surface area contributed by atoms with E-state index in [-0.39, 0.29) is 5.78 Å². The number of fused-ring (bicyclic) bond motifs is 3. The van der Waals surface area contributed by atoms with E-state index in [4.69, 9.17) is 4.74 Å². The highest BCUT2D eigenvalue weighted by atomic mass is 16.5. The van der Waals surface area contributed by atoms with Crippen molar-refractivity contribution < 1.29 is 9.53 Å². The monoisotopic (exact) mass is 258 g/mol. The average molecular weight is 258 g/mol. The fourth-order valence-corrected chi connectivity index (χ4v) is 2.12. The molecule has 0 radical (unpaired) electrons. The smallest absolute Gasteiger partial charge is 0.151 e. The minimum absolute atomic E-state index is 0.0971. The fraction of sp³-hybridized carbons (Fsp3) is 0.333. The summed E-state index contributed by atoms with van der Waals surface area (Å²) in [6.45, 7) is 6.40. The lowest BCUT2D eigenvalue weighted by atomic mass is 10.0. The van der Waals surface area contributed by atoms with Crippen molar-refractivity contribution in [1.82, 2.24) is 9.78 Å². The molecule has 2 aromatic rings. The number of rotatable bonds is 2. The number of nitrogens with zero attached hydrogens (tertiary/aromatic N) is 2. The Hall–Kier alpha value is -2.10. The predicted octanol–water partition coefficient (Wildman–Crippen LogP) is 3.06. The van der Waals surface area contributed by atoms with Crippen LogP contribution in [0, 0.1) is 0 Å². The van der Waals surface area contributed by atoms with E-state index < -0.39 is 0 Å². The fourth-order valence-electron chi connectivity index (χ4n) is 2.12. The van der Waals surface area contributed by atoms with Gasteiger partial charge >= 0.3 is 0 Å². The third-order valence-corrected chi connectivity index (χ3v) is 2.81. The molecular weight excluding hydrogens is 240 g/mol. The first-order valence-corrected chi connectivity index (χ1v) is 6.52. The number of hydrogen-bond acceptors (Lipinski definition) is 3. The Kier molecular flexibility index (Phi) is 4.00. The van der Waals surface area contributed by atoms with Gasteiger partial charge in [-0.3, -0.25) is 9.48 Å². The topological polar surface area (TPSA) is 44.1 Å². The Morgan fingerprint density at radius 1 is 1.37 bits per heavy atom. The number of hydrogen-bond donors (Lipinski definition) is 0. The molecule has 0 N–H and O–H groups in total. The van der Waals surface area contributed by atoms with E-state index in [2.05, 4.69) is 5.10 Å². The van der Waals surface area contributed by atoms with Gasteiger partial charge in [-0.05, 0) is 19.1 Å². The van der Waals surface area contributed by atoms with Crippen molar-refractivity contribution in [3.8, 4) is 17.0 Å². The maximum absolute atomic E-state index is 11.2. The molecule has 1 aromatic carbocycles. The minimum atomic E-state index is 0.0971. The maximum atomic E-state index is 11.2. The van der Waals surface area contributed by atoms with Crippen LogP contribution in [-0.2, 0) is 17.9 Å². The second-order valence-electron chi connectivity index (χ2n) is 4.16. The molecule has 0 amide bonds. The molecule has 0 saturated heterocycles.